The van der Waals surface area contributed by atoms with Gasteiger partial charge in [-0.2, -0.15) is 18.2 Å². The van der Waals surface area contributed by atoms with E-state index in [2.05, 4.69) is 9.88 Å². The molecule has 4 heterocycles. The number of alkyl halides is 3. The van der Waals surface area contributed by atoms with Crippen LogP contribution in [0.15, 0.2) is 47.3 Å². The molecule has 3 aromatic rings. The van der Waals surface area contributed by atoms with Gasteiger partial charge in [-0.05, 0) is 35.9 Å². The van der Waals surface area contributed by atoms with Gasteiger partial charge >= 0.3 is 11.9 Å². The standard InChI is InChI=1S/C25H20ClF4N3O4/c26-18-3-2-15(8-17(18)25(28,29)30)37-20-4-1-14(7-19(20)27)5-6-35-21-9-22-32(23(34)31-21)12-24-10-16(36-13-24)11-33(22)24/h1-4,7-9,16H,5-6,10-13H2/t16-,24+/m0/s1. The first kappa shape index (κ1) is 24.1. The fourth-order valence-electron chi connectivity index (χ4n) is 5.23. The van der Waals surface area contributed by atoms with Gasteiger partial charge in [0.05, 0.1) is 42.0 Å². The first-order chi connectivity index (χ1) is 17.6. The molecule has 0 radical (unpaired) electrons. The second kappa shape index (κ2) is 8.63. The van der Waals surface area contributed by atoms with Gasteiger partial charge in [-0.1, -0.05) is 17.7 Å². The quantitative estimate of drug-likeness (QED) is 0.420. The van der Waals surface area contributed by atoms with Crippen molar-refractivity contribution in [1.82, 2.24) is 9.55 Å². The molecule has 12 heteroatoms. The molecular weight excluding hydrogens is 518 g/mol. The van der Waals surface area contributed by atoms with E-state index in [1.165, 1.54) is 18.2 Å². The number of hydrogen-bond acceptors (Lipinski definition) is 6. The molecule has 0 aliphatic carbocycles. The van der Waals surface area contributed by atoms with Crippen LogP contribution in [0.3, 0.4) is 0 Å². The van der Waals surface area contributed by atoms with Crippen LogP contribution < -0.4 is 20.1 Å². The summed E-state index contributed by atoms with van der Waals surface area (Å²) in [5.74, 6) is -0.206. The number of rotatable bonds is 6. The fraction of sp³-hybridized carbons (Fsp3) is 0.360. The lowest BCUT2D eigenvalue weighted by molar-refractivity contribution is -0.137. The van der Waals surface area contributed by atoms with Crippen LogP contribution in [0.25, 0.3) is 0 Å². The Labute approximate surface area is 213 Å². The van der Waals surface area contributed by atoms with Crippen molar-refractivity contribution < 1.29 is 31.8 Å². The van der Waals surface area contributed by atoms with Crippen LogP contribution in [0.5, 0.6) is 17.4 Å². The maximum atomic E-state index is 14.6. The Bertz CT molecular complexity index is 1450. The van der Waals surface area contributed by atoms with Crippen LogP contribution >= 0.6 is 11.6 Å². The van der Waals surface area contributed by atoms with E-state index in [9.17, 15) is 22.4 Å². The lowest BCUT2D eigenvalue weighted by atomic mass is 10.0. The van der Waals surface area contributed by atoms with E-state index in [1.807, 2.05) is 0 Å². The number of benzene rings is 2. The van der Waals surface area contributed by atoms with Crippen LogP contribution in [0.4, 0.5) is 23.4 Å². The lowest BCUT2D eigenvalue weighted by Gasteiger charge is -2.32. The highest BCUT2D eigenvalue weighted by atomic mass is 35.5. The summed E-state index contributed by atoms with van der Waals surface area (Å²) in [5, 5.41) is -0.475. The van der Waals surface area contributed by atoms with E-state index < -0.39 is 22.6 Å². The monoisotopic (exact) mass is 537 g/mol. The van der Waals surface area contributed by atoms with E-state index in [1.54, 1.807) is 16.7 Å². The van der Waals surface area contributed by atoms with Crippen LogP contribution in [-0.2, 0) is 23.9 Å². The maximum Gasteiger partial charge on any atom is 0.417 e. The average molecular weight is 538 g/mol. The molecule has 0 unspecified atom stereocenters. The third-order valence-corrected chi connectivity index (χ3v) is 7.29. The molecule has 2 fully saturated rings. The van der Waals surface area contributed by atoms with Crippen molar-refractivity contribution in [2.45, 2.75) is 37.2 Å². The van der Waals surface area contributed by atoms with Gasteiger partial charge in [-0.25, -0.2) is 9.18 Å². The molecule has 1 aromatic heterocycles. The summed E-state index contributed by atoms with van der Waals surface area (Å²) in [4.78, 5) is 18.8. The SMILES string of the molecule is O=c1nc(OCCc2ccc(Oc3ccc(Cl)c(C(F)(F)F)c3)c(F)c2)cc2n1C[C@]13CO[C@H](CN21)C3. The van der Waals surface area contributed by atoms with Crippen molar-refractivity contribution in [3.63, 3.8) is 0 Å². The normalized spacial score (nSPS) is 21.8. The number of hydrogen-bond donors (Lipinski definition) is 0. The summed E-state index contributed by atoms with van der Waals surface area (Å²) in [6.45, 7) is 2.00. The van der Waals surface area contributed by atoms with Crippen LogP contribution in [-0.4, -0.2) is 41.0 Å². The maximum absolute atomic E-state index is 14.6. The van der Waals surface area contributed by atoms with E-state index in [-0.39, 0.29) is 41.3 Å². The molecule has 6 rings (SSSR count). The van der Waals surface area contributed by atoms with E-state index >= 15 is 0 Å². The minimum absolute atomic E-state index is 0.137. The fourth-order valence-corrected chi connectivity index (χ4v) is 5.46. The first-order valence-corrected chi connectivity index (χ1v) is 12.0. The number of anilines is 1. The smallest absolute Gasteiger partial charge is 0.417 e. The number of halogens is 5. The van der Waals surface area contributed by atoms with Gasteiger partial charge in [0.25, 0.3) is 0 Å². The van der Waals surface area contributed by atoms with Crippen molar-refractivity contribution in [2.75, 3.05) is 24.7 Å². The molecule has 3 aliphatic heterocycles. The molecule has 2 atom stereocenters. The van der Waals surface area contributed by atoms with E-state index in [0.29, 0.717) is 25.1 Å². The third kappa shape index (κ3) is 4.29. The number of ether oxygens (including phenoxy) is 3. The van der Waals surface area contributed by atoms with Gasteiger partial charge < -0.3 is 19.1 Å². The Morgan fingerprint density at radius 3 is 2.78 bits per heavy atom. The van der Waals surface area contributed by atoms with Crippen molar-refractivity contribution in [2.24, 2.45) is 0 Å². The Morgan fingerprint density at radius 1 is 1.19 bits per heavy atom. The molecule has 0 saturated carbocycles. The topological polar surface area (TPSA) is 65.8 Å². The Kier molecular flexibility index (Phi) is 5.61. The zero-order valence-corrected chi connectivity index (χ0v) is 20.0. The zero-order chi connectivity index (χ0) is 25.9. The average Bonchev–Trinajstić information content (AvgIpc) is 3.50. The van der Waals surface area contributed by atoms with Crippen molar-refractivity contribution in [1.29, 1.82) is 0 Å². The second-order valence-electron chi connectivity index (χ2n) is 9.40. The summed E-state index contributed by atoms with van der Waals surface area (Å²) >= 11 is 5.61. The molecule has 0 amide bonds. The van der Waals surface area contributed by atoms with Crippen LogP contribution in [0.1, 0.15) is 17.5 Å². The van der Waals surface area contributed by atoms with E-state index in [0.717, 1.165) is 30.9 Å². The number of nitrogens with zero attached hydrogens (tertiary/aromatic N) is 3. The minimum Gasteiger partial charge on any atom is -0.477 e. The second-order valence-corrected chi connectivity index (χ2v) is 9.81. The molecule has 2 bridgehead atoms. The highest BCUT2D eigenvalue weighted by Gasteiger charge is 2.56. The number of aromatic nitrogens is 2. The molecule has 2 saturated heterocycles. The number of morpholine rings is 1. The van der Waals surface area contributed by atoms with Crippen LogP contribution in [0, 0.1) is 5.82 Å². The van der Waals surface area contributed by atoms with Gasteiger partial charge in [0, 0.05) is 25.5 Å². The molecule has 37 heavy (non-hydrogen) atoms. The summed E-state index contributed by atoms with van der Waals surface area (Å²) in [7, 11) is 0. The summed E-state index contributed by atoms with van der Waals surface area (Å²) in [6.07, 6.45) is -3.30. The highest BCUT2D eigenvalue weighted by Crippen LogP contribution is 2.46. The van der Waals surface area contributed by atoms with Crippen LogP contribution in [0.2, 0.25) is 5.02 Å². The molecule has 7 nitrogen and oxygen atoms in total. The van der Waals surface area contributed by atoms with E-state index in [4.69, 9.17) is 25.8 Å². The lowest BCUT2D eigenvalue weighted by Crippen LogP contribution is -2.46. The molecule has 0 N–H and O–H groups in total. The zero-order valence-electron chi connectivity index (χ0n) is 19.2. The summed E-state index contributed by atoms with van der Waals surface area (Å²) < 4.78 is 72.2. The summed E-state index contributed by atoms with van der Waals surface area (Å²) in [6, 6.07) is 8.87. The Morgan fingerprint density at radius 2 is 2.03 bits per heavy atom. The van der Waals surface area contributed by atoms with Gasteiger partial charge in [-0.15, -0.1) is 0 Å². The highest BCUT2D eigenvalue weighted by molar-refractivity contribution is 6.31. The predicted molar refractivity (Wildman–Crippen MR) is 125 cm³/mol. The summed E-state index contributed by atoms with van der Waals surface area (Å²) in [5.41, 5.74) is -1.06. The first-order valence-electron chi connectivity index (χ1n) is 11.6. The number of fused-ring (bicyclic) bond motifs is 3. The van der Waals surface area contributed by atoms with Gasteiger partial charge in [-0.3, -0.25) is 4.57 Å². The largest absolute Gasteiger partial charge is 0.477 e. The van der Waals surface area contributed by atoms with Crippen molar-refractivity contribution in [3.8, 4) is 17.4 Å². The third-order valence-electron chi connectivity index (χ3n) is 6.96. The molecular formula is C25H20ClF4N3O4. The molecule has 194 valence electrons. The predicted octanol–water partition coefficient (Wildman–Crippen LogP) is 4.83. The van der Waals surface area contributed by atoms with Crippen molar-refractivity contribution in [3.05, 3.63) is 74.9 Å². The Balaban J connectivity index is 1.10. The Hall–Kier alpha value is -3.31. The van der Waals surface area contributed by atoms with Gasteiger partial charge in [0.1, 0.15) is 11.6 Å². The van der Waals surface area contributed by atoms with Crippen molar-refractivity contribution >= 4 is 17.4 Å². The van der Waals surface area contributed by atoms with Gasteiger partial charge in [0.2, 0.25) is 5.88 Å². The molecule has 2 aromatic carbocycles. The minimum atomic E-state index is -4.66. The molecule has 1 spiro atoms. The van der Waals surface area contributed by atoms with Gasteiger partial charge in [0.15, 0.2) is 11.6 Å². The molecule has 3 aliphatic rings.